The molecule has 9 nitrogen and oxygen atoms in total. The Hall–Kier alpha value is -3.24. The van der Waals surface area contributed by atoms with E-state index in [0.29, 0.717) is 33.9 Å². The van der Waals surface area contributed by atoms with Crippen LogP contribution in [0.25, 0.3) is 0 Å². The second kappa shape index (κ2) is 12.1. The molecule has 1 aliphatic rings. The number of aromatic nitrogens is 3. The number of anilines is 1. The van der Waals surface area contributed by atoms with E-state index in [1.54, 1.807) is 36.7 Å². The van der Waals surface area contributed by atoms with Crippen LogP contribution in [-0.4, -0.2) is 57.4 Å². The first-order valence-corrected chi connectivity index (χ1v) is 12.8. The highest BCUT2D eigenvalue weighted by Crippen LogP contribution is 2.26. The quantitative estimate of drug-likeness (QED) is 0.375. The van der Waals surface area contributed by atoms with Crippen molar-refractivity contribution in [1.29, 1.82) is 0 Å². The minimum Gasteiger partial charge on any atom is -0.351 e. The smallest absolute Gasteiger partial charge is 0.273 e. The van der Waals surface area contributed by atoms with E-state index in [4.69, 9.17) is 11.6 Å². The Morgan fingerprint density at radius 3 is 2.53 bits per heavy atom. The second-order valence-corrected chi connectivity index (χ2v) is 9.80. The number of rotatable bonds is 8. The molecular weight excluding hydrogens is 548 g/mol. The number of H-pyrrole nitrogens is 1. The lowest BCUT2D eigenvalue weighted by molar-refractivity contribution is -0.131. The number of carbonyl (C=O) groups excluding carboxylic acids is 3. The number of benzene rings is 1. The zero-order valence-electron chi connectivity index (χ0n) is 19.5. The van der Waals surface area contributed by atoms with Gasteiger partial charge in [0, 0.05) is 32.0 Å². The van der Waals surface area contributed by atoms with Gasteiger partial charge in [-0.3, -0.25) is 24.5 Å². The molecule has 1 aromatic carbocycles. The van der Waals surface area contributed by atoms with Gasteiger partial charge in [0.25, 0.3) is 11.8 Å². The molecule has 3 aromatic rings. The standard InChI is InChI=1S/C25H26BrClN6O3/c26-21-22(31-32-23(21)30-24(35)18-3-1-2-4-19(18)27)25(36)29-12-7-16-8-13-33(14-9-16)20(34)15-17-5-10-28-11-6-17/h1-6,10-11,16H,7-9,12-15H2,(H,29,36)(H2,30,31,32,35). The van der Waals surface area contributed by atoms with Gasteiger partial charge in [-0.15, -0.1) is 0 Å². The summed E-state index contributed by atoms with van der Waals surface area (Å²) < 4.78 is 0.362. The van der Waals surface area contributed by atoms with Crippen molar-refractivity contribution >= 4 is 51.1 Å². The molecule has 0 spiro atoms. The van der Waals surface area contributed by atoms with Crippen LogP contribution in [0.5, 0.6) is 0 Å². The Labute approximate surface area is 222 Å². The van der Waals surface area contributed by atoms with Gasteiger partial charge in [0.2, 0.25) is 5.91 Å². The number of likely N-dealkylation sites (tertiary alicyclic amines) is 1. The summed E-state index contributed by atoms with van der Waals surface area (Å²) in [6.07, 6.45) is 6.41. The van der Waals surface area contributed by atoms with Gasteiger partial charge in [-0.05, 0) is 70.9 Å². The van der Waals surface area contributed by atoms with Crippen molar-refractivity contribution in [1.82, 2.24) is 25.4 Å². The van der Waals surface area contributed by atoms with Crippen molar-refractivity contribution < 1.29 is 14.4 Å². The number of pyridine rings is 1. The van der Waals surface area contributed by atoms with Gasteiger partial charge in [0.15, 0.2) is 5.69 Å². The Kier molecular flexibility index (Phi) is 8.71. The van der Waals surface area contributed by atoms with E-state index in [9.17, 15) is 14.4 Å². The van der Waals surface area contributed by atoms with Crippen LogP contribution in [0.4, 0.5) is 5.82 Å². The highest BCUT2D eigenvalue weighted by Gasteiger charge is 2.24. The fourth-order valence-electron chi connectivity index (χ4n) is 4.12. The summed E-state index contributed by atoms with van der Waals surface area (Å²) in [7, 11) is 0. The predicted molar refractivity (Wildman–Crippen MR) is 140 cm³/mol. The zero-order chi connectivity index (χ0) is 25.5. The molecule has 1 aliphatic heterocycles. The van der Waals surface area contributed by atoms with Crippen molar-refractivity contribution in [3.8, 4) is 0 Å². The summed E-state index contributed by atoms with van der Waals surface area (Å²) in [4.78, 5) is 43.5. The van der Waals surface area contributed by atoms with Crippen molar-refractivity contribution in [2.75, 3.05) is 25.0 Å². The first-order valence-electron chi connectivity index (χ1n) is 11.7. The largest absolute Gasteiger partial charge is 0.351 e. The highest BCUT2D eigenvalue weighted by atomic mass is 79.9. The van der Waals surface area contributed by atoms with Crippen LogP contribution < -0.4 is 10.6 Å². The molecule has 0 unspecified atom stereocenters. The Morgan fingerprint density at radius 2 is 1.81 bits per heavy atom. The molecule has 3 heterocycles. The van der Waals surface area contributed by atoms with Gasteiger partial charge in [-0.1, -0.05) is 23.7 Å². The predicted octanol–water partition coefficient (Wildman–Crippen LogP) is 4.07. The first-order chi connectivity index (χ1) is 17.4. The summed E-state index contributed by atoms with van der Waals surface area (Å²) in [6, 6.07) is 10.4. The monoisotopic (exact) mass is 572 g/mol. The van der Waals surface area contributed by atoms with Crippen LogP contribution in [-0.2, 0) is 11.2 Å². The summed E-state index contributed by atoms with van der Waals surface area (Å²) in [5.41, 5.74) is 1.44. The van der Waals surface area contributed by atoms with E-state index in [2.05, 4.69) is 41.7 Å². The number of halogens is 2. The van der Waals surface area contributed by atoms with Gasteiger partial charge < -0.3 is 15.5 Å². The number of amides is 3. The lowest BCUT2D eigenvalue weighted by atomic mass is 9.93. The molecule has 0 saturated carbocycles. The lowest BCUT2D eigenvalue weighted by Crippen LogP contribution is -2.40. The molecule has 1 saturated heterocycles. The van der Waals surface area contributed by atoms with Crippen molar-refractivity contribution in [2.45, 2.75) is 25.7 Å². The Morgan fingerprint density at radius 1 is 1.08 bits per heavy atom. The SMILES string of the molecule is O=C(Nc1[nH]nc(C(=O)NCCC2CCN(C(=O)Cc3ccncc3)CC2)c1Br)c1ccccc1Cl. The molecule has 3 N–H and O–H groups in total. The molecule has 1 fully saturated rings. The molecule has 11 heteroatoms. The number of aromatic amines is 1. The molecule has 0 radical (unpaired) electrons. The van der Waals surface area contributed by atoms with Gasteiger partial charge in [0.05, 0.1) is 21.5 Å². The lowest BCUT2D eigenvalue weighted by Gasteiger charge is -2.32. The molecule has 0 atom stereocenters. The second-order valence-electron chi connectivity index (χ2n) is 8.60. The normalized spacial score (nSPS) is 13.9. The summed E-state index contributed by atoms with van der Waals surface area (Å²) >= 11 is 9.41. The third-order valence-corrected chi connectivity index (χ3v) is 7.29. The van der Waals surface area contributed by atoms with E-state index in [-0.39, 0.29) is 23.3 Å². The minimum absolute atomic E-state index is 0.133. The van der Waals surface area contributed by atoms with Crippen LogP contribution in [0.1, 0.15) is 45.7 Å². The third kappa shape index (κ3) is 6.50. The maximum absolute atomic E-state index is 12.6. The number of nitrogens with one attached hydrogen (secondary N) is 3. The van der Waals surface area contributed by atoms with E-state index in [1.165, 1.54) is 0 Å². The number of nitrogens with zero attached hydrogens (tertiary/aromatic N) is 3. The van der Waals surface area contributed by atoms with Crippen molar-refractivity contribution in [3.63, 3.8) is 0 Å². The fourth-order valence-corrected chi connectivity index (χ4v) is 4.80. The third-order valence-electron chi connectivity index (χ3n) is 6.19. The maximum atomic E-state index is 12.6. The molecule has 3 amide bonds. The van der Waals surface area contributed by atoms with Gasteiger partial charge >= 0.3 is 0 Å². The zero-order valence-corrected chi connectivity index (χ0v) is 21.8. The van der Waals surface area contributed by atoms with Crippen LogP contribution in [0.3, 0.4) is 0 Å². The van der Waals surface area contributed by atoms with E-state index >= 15 is 0 Å². The molecule has 36 heavy (non-hydrogen) atoms. The van der Waals surface area contributed by atoms with Gasteiger partial charge in [-0.2, -0.15) is 5.10 Å². The summed E-state index contributed by atoms with van der Waals surface area (Å²) in [6.45, 7) is 1.94. The molecule has 0 aliphatic carbocycles. The summed E-state index contributed by atoms with van der Waals surface area (Å²) in [5, 5.41) is 12.6. The molecule has 4 rings (SSSR count). The molecule has 0 bridgehead atoms. The highest BCUT2D eigenvalue weighted by molar-refractivity contribution is 9.10. The Balaban J connectivity index is 1.21. The fraction of sp³-hybridized carbons (Fsp3) is 0.320. The van der Waals surface area contributed by atoms with Crippen molar-refractivity contribution in [3.05, 3.63) is 75.1 Å². The van der Waals surface area contributed by atoms with E-state index < -0.39 is 5.91 Å². The molecule has 188 valence electrons. The van der Waals surface area contributed by atoms with E-state index in [1.807, 2.05) is 17.0 Å². The molecular formula is C25H26BrClN6O3. The minimum atomic E-state index is -0.414. The average Bonchev–Trinajstić information content (AvgIpc) is 3.25. The Bertz CT molecular complexity index is 1230. The number of piperidine rings is 1. The topological polar surface area (TPSA) is 120 Å². The van der Waals surface area contributed by atoms with Crippen LogP contribution in [0.15, 0.2) is 53.3 Å². The average molecular weight is 574 g/mol. The van der Waals surface area contributed by atoms with Crippen LogP contribution in [0, 0.1) is 5.92 Å². The molecule has 2 aromatic heterocycles. The maximum Gasteiger partial charge on any atom is 0.273 e. The van der Waals surface area contributed by atoms with Gasteiger partial charge in [-0.25, -0.2) is 0 Å². The number of hydrogen-bond donors (Lipinski definition) is 3. The van der Waals surface area contributed by atoms with Crippen LogP contribution in [0.2, 0.25) is 5.02 Å². The van der Waals surface area contributed by atoms with Gasteiger partial charge in [0.1, 0.15) is 5.82 Å². The first kappa shape index (κ1) is 25.8. The summed E-state index contributed by atoms with van der Waals surface area (Å²) in [5.74, 6) is 0.0786. The number of carbonyl (C=O) groups is 3. The van der Waals surface area contributed by atoms with E-state index in [0.717, 1.165) is 37.9 Å². The van der Waals surface area contributed by atoms with Crippen molar-refractivity contribution in [2.24, 2.45) is 5.92 Å². The number of hydrogen-bond acceptors (Lipinski definition) is 5. The van der Waals surface area contributed by atoms with Crippen LogP contribution >= 0.6 is 27.5 Å².